The number of nitrogens with two attached hydrogens (primary N) is 1. The van der Waals surface area contributed by atoms with Crippen molar-refractivity contribution in [2.75, 3.05) is 12.3 Å². The van der Waals surface area contributed by atoms with E-state index < -0.39 is 0 Å². The third kappa shape index (κ3) is 4.22. The van der Waals surface area contributed by atoms with E-state index in [2.05, 4.69) is 36.9 Å². The van der Waals surface area contributed by atoms with Crippen molar-refractivity contribution in [2.24, 2.45) is 11.3 Å². The van der Waals surface area contributed by atoms with Crippen molar-refractivity contribution >= 4 is 39.1 Å². The largest absolute Gasteiger partial charge is 0.383 e. The van der Waals surface area contributed by atoms with Crippen molar-refractivity contribution in [2.45, 2.75) is 76.4 Å². The fourth-order valence-electron chi connectivity index (χ4n) is 4.76. The van der Waals surface area contributed by atoms with Gasteiger partial charge >= 0.3 is 0 Å². The van der Waals surface area contributed by atoms with Gasteiger partial charge < -0.3 is 10.5 Å². The summed E-state index contributed by atoms with van der Waals surface area (Å²) in [7, 11) is 0. The lowest BCUT2D eigenvalue weighted by Gasteiger charge is -2.33. The molecule has 1 aliphatic heterocycles. The van der Waals surface area contributed by atoms with Crippen molar-refractivity contribution in [1.82, 2.24) is 19.7 Å². The molecule has 6 nitrogen and oxygen atoms in total. The maximum Gasteiger partial charge on any atom is 0.191 e. The summed E-state index contributed by atoms with van der Waals surface area (Å²) >= 11 is 3.44. The SMILES string of the molecule is CC(C)(C)C1CCc2c(sc3nc(SCc4ccnn4C4CCCCO4)nc(N)c23)C1. The molecule has 0 spiro atoms. The standard InChI is InChI=1S/C23H31N5OS2/c1-23(2,3)14-7-8-16-17(12-14)31-21-19(16)20(24)26-22(27-21)30-13-15-9-10-25-28(15)18-6-4-5-11-29-18/h9-10,14,18H,4-8,11-13H2,1-3H3,(H2,24,26,27). The molecule has 2 atom stereocenters. The lowest BCUT2D eigenvalue weighted by molar-refractivity contribution is -0.0407. The first kappa shape index (κ1) is 21.2. The summed E-state index contributed by atoms with van der Waals surface area (Å²) in [6.45, 7) is 7.86. The minimum Gasteiger partial charge on any atom is -0.383 e. The molecule has 2 aliphatic rings. The van der Waals surface area contributed by atoms with E-state index in [0.29, 0.717) is 17.2 Å². The average molecular weight is 458 g/mol. The molecule has 31 heavy (non-hydrogen) atoms. The lowest BCUT2D eigenvalue weighted by Crippen LogP contribution is -2.26. The monoisotopic (exact) mass is 457 g/mol. The number of thiophene rings is 1. The van der Waals surface area contributed by atoms with Crippen LogP contribution in [-0.4, -0.2) is 26.4 Å². The summed E-state index contributed by atoms with van der Waals surface area (Å²) in [6.07, 6.45) is 8.66. The van der Waals surface area contributed by atoms with Gasteiger partial charge in [-0.2, -0.15) is 5.10 Å². The van der Waals surface area contributed by atoms with Crippen LogP contribution in [0.2, 0.25) is 0 Å². The topological polar surface area (TPSA) is 78.8 Å². The molecule has 8 heteroatoms. The van der Waals surface area contributed by atoms with E-state index in [1.807, 2.05) is 22.2 Å². The Balaban J connectivity index is 1.36. The van der Waals surface area contributed by atoms with E-state index in [9.17, 15) is 0 Å². The van der Waals surface area contributed by atoms with E-state index in [0.717, 1.165) is 59.1 Å². The smallest absolute Gasteiger partial charge is 0.191 e. The van der Waals surface area contributed by atoms with Crippen LogP contribution in [0.15, 0.2) is 17.4 Å². The highest BCUT2D eigenvalue weighted by atomic mass is 32.2. The molecule has 5 rings (SSSR count). The second kappa shape index (κ2) is 8.37. The molecule has 2 N–H and O–H groups in total. The van der Waals surface area contributed by atoms with E-state index in [1.54, 1.807) is 11.8 Å². The minimum absolute atomic E-state index is 0.0487. The second-order valence-corrected chi connectivity index (χ2v) is 11.8. The number of nitrogens with zero attached hydrogens (tertiary/aromatic N) is 4. The first-order valence-corrected chi connectivity index (χ1v) is 13.0. The molecular weight excluding hydrogens is 426 g/mol. The molecule has 0 amide bonds. The number of thioether (sulfide) groups is 1. The maximum absolute atomic E-state index is 6.45. The normalized spacial score (nSPS) is 22.0. The van der Waals surface area contributed by atoms with Gasteiger partial charge in [-0.05, 0) is 61.5 Å². The van der Waals surface area contributed by atoms with E-state index >= 15 is 0 Å². The summed E-state index contributed by atoms with van der Waals surface area (Å²) in [5.74, 6) is 2.09. The number of hydrogen-bond acceptors (Lipinski definition) is 7. The van der Waals surface area contributed by atoms with Gasteiger partial charge in [-0.15, -0.1) is 11.3 Å². The number of nitrogen functional groups attached to an aromatic ring is 1. The van der Waals surface area contributed by atoms with Gasteiger partial charge in [0, 0.05) is 23.4 Å². The molecule has 1 saturated heterocycles. The fourth-order valence-corrected chi connectivity index (χ4v) is 6.95. The second-order valence-electron chi connectivity index (χ2n) is 9.76. The Labute approximate surface area is 192 Å². The summed E-state index contributed by atoms with van der Waals surface area (Å²) in [6, 6.07) is 2.06. The zero-order valence-electron chi connectivity index (χ0n) is 18.6. The Hall–Kier alpha value is -1.64. The first-order valence-electron chi connectivity index (χ1n) is 11.2. The predicted octanol–water partition coefficient (Wildman–Crippen LogP) is 5.61. The van der Waals surface area contributed by atoms with Crippen LogP contribution in [0, 0.1) is 11.3 Å². The van der Waals surface area contributed by atoms with Gasteiger partial charge in [0.1, 0.15) is 16.9 Å². The van der Waals surface area contributed by atoms with Gasteiger partial charge in [0.2, 0.25) is 0 Å². The molecule has 1 aliphatic carbocycles. The molecule has 0 aromatic carbocycles. The Bertz CT molecular complexity index is 1080. The number of anilines is 1. The van der Waals surface area contributed by atoms with Crippen LogP contribution < -0.4 is 5.73 Å². The van der Waals surface area contributed by atoms with Gasteiger partial charge in [-0.25, -0.2) is 14.6 Å². The van der Waals surface area contributed by atoms with E-state index in [1.165, 1.54) is 23.3 Å². The van der Waals surface area contributed by atoms with Crippen molar-refractivity contribution in [3.63, 3.8) is 0 Å². The number of fused-ring (bicyclic) bond motifs is 3. The summed E-state index contributed by atoms with van der Waals surface area (Å²) in [4.78, 5) is 12.1. The molecule has 3 aromatic heterocycles. The zero-order valence-corrected chi connectivity index (χ0v) is 20.2. The first-order chi connectivity index (χ1) is 14.9. The molecule has 1 fully saturated rings. The van der Waals surface area contributed by atoms with Gasteiger partial charge in [-0.3, -0.25) is 0 Å². The molecule has 0 bridgehead atoms. The van der Waals surface area contributed by atoms with Gasteiger partial charge in [0.15, 0.2) is 5.16 Å². The molecule has 2 unspecified atom stereocenters. The molecule has 4 heterocycles. The van der Waals surface area contributed by atoms with Crippen LogP contribution in [0.3, 0.4) is 0 Å². The van der Waals surface area contributed by atoms with Crippen LogP contribution in [0.25, 0.3) is 10.2 Å². The minimum atomic E-state index is 0.0487. The van der Waals surface area contributed by atoms with Gasteiger partial charge in [0.05, 0.1) is 11.1 Å². The quantitative estimate of drug-likeness (QED) is 0.405. The summed E-state index contributed by atoms with van der Waals surface area (Å²) < 4.78 is 7.93. The number of aryl methyl sites for hydroxylation is 1. The average Bonchev–Trinajstić information content (AvgIpc) is 3.36. The predicted molar refractivity (Wildman–Crippen MR) is 127 cm³/mol. The highest BCUT2D eigenvalue weighted by molar-refractivity contribution is 7.98. The molecule has 0 saturated carbocycles. The molecule has 166 valence electrons. The molecular formula is C23H31N5OS2. The highest BCUT2D eigenvalue weighted by Gasteiger charge is 2.31. The van der Waals surface area contributed by atoms with Crippen molar-refractivity contribution in [1.29, 1.82) is 0 Å². The lowest BCUT2D eigenvalue weighted by atomic mass is 9.72. The van der Waals surface area contributed by atoms with Crippen LogP contribution >= 0.6 is 23.1 Å². The number of aromatic nitrogens is 4. The number of hydrogen-bond donors (Lipinski definition) is 1. The van der Waals surface area contributed by atoms with Crippen LogP contribution in [0.4, 0.5) is 5.82 Å². The maximum atomic E-state index is 6.45. The van der Waals surface area contributed by atoms with Crippen molar-refractivity contribution in [3.05, 3.63) is 28.4 Å². The van der Waals surface area contributed by atoms with Crippen LogP contribution in [-0.2, 0) is 23.3 Å². The molecule has 0 radical (unpaired) electrons. The Kier molecular flexibility index (Phi) is 5.73. The Morgan fingerprint density at radius 1 is 1.26 bits per heavy atom. The van der Waals surface area contributed by atoms with Crippen LogP contribution in [0.1, 0.15) is 68.8 Å². The zero-order chi connectivity index (χ0) is 21.6. The van der Waals surface area contributed by atoms with Crippen molar-refractivity contribution < 1.29 is 4.74 Å². The Morgan fingerprint density at radius 2 is 2.13 bits per heavy atom. The van der Waals surface area contributed by atoms with E-state index in [-0.39, 0.29) is 6.23 Å². The molecule has 3 aromatic rings. The Morgan fingerprint density at radius 3 is 2.90 bits per heavy atom. The third-order valence-electron chi connectivity index (χ3n) is 6.67. The third-order valence-corrected chi connectivity index (χ3v) is 8.70. The number of ether oxygens (including phenoxy) is 1. The fraction of sp³-hybridized carbons (Fsp3) is 0.609. The van der Waals surface area contributed by atoms with Gasteiger partial charge in [-0.1, -0.05) is 32.5 Å². The van der Waals surface area contributed by atoms with Gasteiger partial charge in [0.25, 0.3) is 0 Å². The van der Waals surface area contributed by atoms with Crippen molar-refractivity contribution in [3.8, 4) is 0 Å². The van der Waals surface area contributed by atoms with Crippen LogP contribution in [0.5, 0.6) is 0 Å². The highest BCUT2D eigenvalue weighted by Crippen LogP contribution is 2.44. The van der Waals surface area contributed by atoms with E-state index in [4.69, 9.17) is 15.5 Å². The summed E-state index contributed by atoms with van der Waals surface area (Å²) in [5.41, 5.74) is 9.30. The summed E-state index contributed by atoms with van der Waals surface area (Å²) in [5, 5.41) is 6.34. The number of rotatable bonds is 4.